The van der Waals surface area contributed by atoms with Crippen LogP contribution >= 0.6 is 0 Å². The highest BCUT2D eigenvalue weighted by Gasteiger charge is 2.29. The molecule has 1 atom stereocenters. The van der Waals surface area contributed by atoms with E-state index in [0.717, 1.165) is 18.2 Å². The van der Waals surface area contributed by atoms with Crippen LogP contribution in [-0.2, 0) is 6.54 Å². The molecule has 192 valence electrons. The molecule has 1 unspecified atom stereocenters. The van der Waals surface area contributed by atoms with Crippen molar-refractivity contribution >= 4 is 5.82 Å². The Labute approximate surface area is 214 Å². The zero-order valence-corrected chi connectivity index (χ0v) is 21.3. The van der Waals surface area contributed by atoms with Crippen molar-refractivity contribution in [2.45, 2.75) is 39.8 Å². The maximum Gasteiger partial charge on any atom is 0.271 e. The first-order chi connectivity index (χ1) is 17.6. The average Bonchev–Trinajstić information content (AvgIpc) is 3.21. The number of hydrogen-bond acceptors (Lipinski definition) is 5. The second-order valence-corrected chi connectivity index (χ2v) is 10.5. The SMILES string of the molecule is Cc1ccccc1-n1nc(-c2c(-c3ccc(F)cc3F)nn3c2NCC(CNC(C)(C)C)C3)ccc1=O. The molecule has 3 heterocycles. The van der Waals surface area contributed by atoms with Crippen molar-refractivity contribution in [3.63, 3.8) is 0 Å². The Kier molecular flexibility index (Phi) is 6.41. The molecule has 2 aromatic carbocycles. The largest absolute Gasteiger partial charge is 0.369 e. The van der Waals surface area contributed by atoms with E-state index < -0.39 is 11.6 Å². The maximum absolute atomic E-state index is 15.0. The number of anilines is 1. The molecule has 0 radical (unpaired) electrons. The molecule has 2 aromatic heterocycles. The van der Waals surface area contributed by atoms with E-state index in [0.29, 0.717) is 41.5 Å². The maximum atomic E-state index is 15.0. The van der Waals surface area contributed by atoms with E-state index in [1.54, 1.807) is 6.07 Å². The van der Waals surface area contributed by atoms with E-state index >= 15 is 0 Å². The second kappa shape index (κ2) is 9.55. The Balaban J connectivity index is 1.65. The summed E-state index contributed by atoms with van der Waals surface area (Å²) in [5.41, 5.74) is 2.78. The lowest BCUT2D eigenvalue weighted by Gasteiger charge is -2.29. The molecule has 7 nitrogen and oxygen atoms in total. The summed E-state index contributed by atoms with van der Waals surface area (Å²) in [7, 11) is 0. The van der Waals surface area contributed by atoms with Gasteiger partial charge < -0.3 is 10.6 Å². The van der Waals surface area contributed by atoms with Crippen LogP contribution in [0.1, 0.15) is 26.3 Å². The number of hydrogen-bond donors (Lipinski definition) is 2. The lowest BCUT2D eigenvalue weighted by atomic mass is 10.0. The third-order valence-corrected chi connectivity index (χ3v) is 6.45. The lowest BCUT2D eigenvalue weighted by Crippen LogP contribution is -2.43. The number of benzene rings is 2. The first-order valence-electron chi connectivity index (χ1n) is 12.3. The van der Waals surface area contributed by atoms with E-state index in [4.69, 9.17) is 5.10 Å². The van der Waals surface area contributed by atoms with Gasteiger partial charge in [0.05, 0.1) is 16.9 Å². The van der Waals surface area contributed by atoms with Gasteiger partial charge in [-0.25, -0.2) is 13.5 Å². The summed E-state index contributed by atoms with van der Waals surface area (Å²) in [5.74, 6) is -0.438. The Morgan fingerprint density at radius 1 is 1.08 bits per heavy atom. The average molecular weight is 505 g/mol. The van der Waals surface area contributed by atoms with Gasteiger partial charge in [-0.1, -0.05) is 18.2 Å². The van der Waals surface area contributed by atoms with Gasteiger partial charge in [0, 0.05) is 48.8 Å². The minimum atomic E-state index is -0.713. The van der Waals surface area contributed by atoms with E-state index in [9.17, 15) is 13.6 Å². The van der Waals surface area contributed by atoms with Gasteiger partial charge in [-0.3, -0.25) is 4.79 Å². The van der Waals surface area contributed by atoms with Crippen LogP contribution in [0, 0.1) is 24.5 Å². The molecule has 0 bridgehead atoms. The molecule has 4 aromatic rings. The van der Waals surface area contributed by atoms with Gasteiger partial charge in [0.1, 0.15) is 23.1 Å². The molecule has 0 amide bonds. The third-order valence-electron chi connectivity index (χ3n) is 6.45. The summed E-state index contributed by atoms with van der Waals surface area (Å²) in [6.45, 7) is 10.3. The number of rotatable bonds is 5. The van der Waals surface area contributed by atoms with Gasteiger partial charge >= 0.3 is 0 Å². The van der Waals surface area contributed by atoms with Gasteiger partial charge in [-0.2, -0.15) is 14.9 Å². The molecule has 0 aliphatic carbocycles. The standard InChI is InChI=1S/C28H30F2N6O/c1-17-7-5-6-8-23(17)36-24(37)12-11-22(33-36)25-26(20-10-9-19(29)13-21(20)30)34-35-16-18(14-31-27(25)35)15-32-28(2,3)4/h5-13,18,31-32H,14-16H2,1-4H3. The highest BCUT2D eigenvalue weighted by molar-refractivity contribution is 5.87. The van der Waals surface area contributed by atoms with Crippen molar-refractivity contribution in [1.82, 2.24) is 24.9 Å². The minimum absolute atomic E-state index is 0.0227. The van der Waals surface area contributed by atoms with Gasteiger partial charge in [0.25, 0.3) is 5.56 Å². The van der Waals surface area contributed by atoms with E-state index in [2.05, 4.69) is 36.5 Å². The topological polar surface area (TPSA) is 76.8 Å². The number of aryl methyl sites for hydroxylation is 1. The predicted molar refractivity (Wildman–Crippen MR) is 141 cm³/mol. The molecule has 37 heavy (non-hydrogen) atoms. The quantitative estimate of drug-likeness (QED) is 0.409. The van der Waals surface area contributed by atoms with Crippen molar-refractivity contribution in [2.24, 2.45) is 5.92 Å². The Hall–Kier alpha value is -3.85. The van der Waals surface area contributed by atoms with Crippen molar-refractivity contribution in [3.8, 4) is 28.2 Å². The Morgan fingerprint density at radius 3 is 2.59 bits per heavy atom. The summed E-state index contributed by atoms with van der Waals surface area (Å²) in [6.07, 6.45) is 0. The van der Waals surface area contributed by atoms with Crippen LogP contribution in [0.5, 0.6) is 0 Å². The molecule has 9 heteroatoms. The molecular weight excluding hydrogens is 474 g/mol. The van der Waals surface area contributed by atoms with Gasteiger partial charge in [-0.15, -0.1) is 0 Å². The highest BCUT2D eigenvalue weighted by Crippen LogP contribution is 2.39. The number of nitrogens with zero attached hydrogens (tertiary/aromatic N) is 4. The summed E-state index contributed by atoms with van der Waals surface area (Å²) >= 11 is 0. The molecule has 1 aliphatic rings. The Bertz CT molecular complexity index is 1520. The monoisotopic (exact) mass is 504 g/mol. The van der Waals surface area contributed by atoms with E-state index in [1.165, 1.54) is 22.9 Å². The summed E-state index contributed by atoms with van der Waals surface area (Å²) in [4.78, 5) is 12.8. The van der Waals surface area contributed by atoms with Crippen molar-refractivity contribution in [1.29, 1.82) is 0 Å². The fraction of sp³-hybridized carbons (Fsp3) is 0.321. The van der Waals surface area contributed by atoms with Gasteiger partial charge in [0.15, 0.2) is 0 Å². The predicted octanol–water partition coefficient (Wildman–Crippen LogP) is 4.78. The number of nitrogens with one attached hydrogen (secondary N) is 2. The molecular formula is C28H30F2N6O. The third kappa shape index (κ3) is 5.04. The number of halogens is 2. The normalized spacial score (nSPS) is 15.4. The van der Waals surface area contributed by atoms with Gasteiger partial charge in [0.2, 0.25) is 0 Å². The Morgan fingerprint density at radius 2 is 1.86 bits per heavy atom. The summed E-state index contributed by atoms with van der Waals surface area (Å²) in [6, 6.07) is 14.0. The minimum Gasteiger partial charge on any atom is -0.369 e. The number of aromatic nitrogens is 4. The highest BCUT2D eigenvalue weighted by atomic mass is 19.1. The van der Waals surface area contributed by atoms with E-state index in [1.807, 2.05) is 35.9 Å². The van der Waals surface area contributed by atoms with Crippen molar-refractivity contribution in [3.05, 3.63) is 82.1 Å². The smallest absolute Gasteiger partial charge is 0.271 e. The zero-order valence-electron chi connectivity index (χ0n) is 21.3. The number of fused-ring (bicyclic) bond motifs is 1. The molecule has 1 aliphatic heterocycles. The molecule has 0 saturated carbocycles. The van der Waals surface area contributed by atoms with Crippen LogP contribution in [0.15, 0.2) is 59.4 Å². The van der Waals surface area contributed by atoms with Crippen LogP contribution in [0.25, 0.3) is 28.2 Å². The fourth-order valence-electron chi connectivity index (χ4n) is 4.54. The summed E-state index contributed by atoms with van der Waals surface area (Å²) in [5, 5.41) is 16.4. The fourth-order valence-corrected chi connectivity index (χ4v) is 4.54. The number of para-hydroxylation sites is 1. The zero-order chi connectivity index (χ0) is 26.3. The van der Waals surface area contributed by atoms with E-state index in [-0.39, 0.29) is 22.6 Å². The van der Waals surface area contributed by atoms with Crippen LogP contribution in [0.3, 0.4) is 0 Å². The first kappa shape index (κ1) is 24.8. The molecule has 0 saturated heterocycles. The van der Waals surface area contributed by atoms with Crippen molar-refractivity contribution in [2.75, 3.05) is 18.4 Å². The van der Waals surface area contributed by atoms with Crippen molar-refractivity contribution < 1.29 is 8.78 Å². The molecule has 0 fully saturated rings. The van der Waals surface area contributed by atoms with Crippen LogP contribution in [0.4, 0.5) is 14.6 Å². The van der Waals surface area contributed by atoms with Crippen LogP contribution in [0.2, 0.25) is 0 Å². The molecule has 0 spiro atoms. The molecule has 2 N–H and O–H groups in total. The first-order valence-corrected chi connectivity index (χ1v) is 12.3. The summed E-state index contributed by atoms with van der Waals surface area (Å²) < 4.78 is 31.9. The molecule has 5 rings (SSSR count). The van der Waals surface area contributed by atoms with Crippen LogP contribution in [-0.4, -0.2) is 38.2 Å². The van der Waals surface area contributed by atoms with Gasteiger partial charge in [-0.05, 0) is 57.5 Å². The van der Waals surface area contributed by atoms with Crippen LogP contribution < -0.4 is 16.2 Å². The second-order valence-electron chi connectivity index (χ2n) is 10.5. The lowest BCUT2D eigenvalue weighted by molar-refractivity contribution is 0.336.